The number of para-hydroxylation sites is 1. The van der Waals surface area contributed by atoms with Crippen LogP contribution in [0.4, 0.5) is 0 Å². The predicted molar refractivity (Wildman–Crippen MR) is 75.5 cm³/mol. The van der Waals surface area contributed by atoms with Gasteiger partial charge in [-0.15, -0.1) is 0 Å². The van der Waals surface area contributed by atoms with Gasteiger partial charge < -0.3 is 0 Å². The van der Waals surface area contributed by atoms with Crippen molar-refractivity contribution in [3.05, 3.63) is 47.8 Å². The highest BCUT2D eigenvalue weighted by Crippen LogP contribution is 2.34. The fourth-order valence-corrected chi connectivity index (χ4v) is 3.06. The highest BCUT2D eigenvalue weighted by Gasteiger charge is 2.16. The molecule has 2 heteroatoms. The first kappa shape index (κ1) is 9.89. The van der Waals surface area contributed by atoms with E-state index in [2.05, 4.69) is 54.6 Å². The van der Waals surface area contributed by atoms with Gasteiger partial charge in [0.25, 0.3) is 0 Å². The van der Waals surface area contributed by atoms with Gasteiger partial charge in [0, 0.05) is 17.2 Å². The standard InChI is InChI=1S/C16H14N2/c1-3-14-17-12-8-5-7-11-15-10(2)6-4-9-13(15)18(14)16(11)12/h4-9H,3H2,1-2H3. The Bertz CT molecular complexity index is 871. The summed E-state index contributed by atoms with van der Waals surface area (Å²) < 4.78 is 2.33. The fraction of sp³-hybridized carbons (Fsp3) is 0.188. The van der Waals surface area contributed by atoms with E-state index in [1.165, 1.54) is 27.4 Å². The Morgan fingerprint density at radius 1 is 1.11 bits per heavy atom. The number of benzene rings is 2. The van der Waals surface area contributed by atoms with E-state index in [9.17, 15) is 0 Å². The zero-order chi connectivity index (χ0) is 12.3. The molecule has 0 unspecified atom stereocenters. The number of imidazole rings is 1. The molecular formula is C16H14N2. The Balaban J connectivity index is 2.44. The van der Waals surface area contributed by atoms with Gasteiger partial charge in [0.2, 0.25) is 0 Å². The van der Waals surface area contributed by atoms with Crippen molar-refractivity contribution in [3.8, 4) is 0 Å². The van der Waals surface area contributed by atoms with Gasteiger partial charge in [-0.2, -0.15) is 0 Å². The molecule has 4 aromatic rings. The van der Waals surface area contributed by atoms with Crippen LogP contribution in [0.5, 0.6) is 0 Å². The van der Waals surface area contributed by atoms with Gasteiger partial charge in [0.15, 0.2) is 0 Å². The van der Waals surface area contributed by atoms with Crippen molar-refractivity contribution >= 4 is 27.3 Å². The molecule has 4 rings (SSSR count). The SMILES string of the molecule is CCc1nc2cccc3c4c(C)cccc4n1c23. The van der Waals surface area contributed by atoms with Gasteiger partial charge in [0.1, 0.15) is 5.82 Å². The second-order valence-electron chi connectivity index (χ2n) is 4.86. The average molecular weight is 234 g/mol. The molecule has 0 aliphatic rings. The van der Waals surface area contributed by atoms with Crippen molar-refractivity contribution in [2.75, 3.05) is 0 Å². The molecule has 0 spiro atoms. The first-order chi connectivity index (χ1) is 8.81. The van der Waals surface area contributed by atoms with Gasteiger partial charge in [0.05, 0.1) is 16.6 Å². The largest absolute Gasteiger partial charge is 0.295 e. The van der Waals surface area contributed by atoms with Crippen LogP contribution in [0.2, 0.25) is 0 Å². The van der Waals surface area contributed by atoms with E-state index in [1.54, 1.807) is 0 Å². The lowest BCUT2D eigenvalue weighted by Gasteiger charge is -1.99. The van der Waals surface area contributed by atoms with Gasteiger partial charge >= 0.3 is 0 Å². The number of fused-ring (bicyclic) bond motifs is 3. The molecule has 18 heavy (non-hydrogen) atoms. The van der Waals surface area contributed by atoms with Gasteiger partial charge in [-0.1, -0.05) is 31.2 Å². The Labute approximate surface area is 105 Å². The summed E-state index contributed by atoms with van der Waals surface area (Å²) in [6.45, 7) is 4.35. The molecular weight excluding hydrogens is 220 g/mol. The van der Waals surface area contributed by atoms with E-state index in [0.717, 1.165) is 17.8 Å². The molecule has 0 aliphatic carbocycles. The summed E-state index contributed by atoms with van der Waals surface area (Å²) in [5.74, 6) is 1.15. The summed E-state index contributed by atoms with van der Waals surface area (Å²) in [7, 11) is 0. The number of aromatic nitrogens is 2. The molecule has 2 heterocycles. The van der Waals surface area contributed by atoms with E-state index < -0.39 is 0 Å². The monoisotopic (exact) mass is 234 g/mol. The molecule has 0 N–H and O–H groups in total. The lowest BCUT2D eigenvalue weighted by atomic mass is 10.1. The number of rotatable bonds is 1. The van der Waals surface area contributed by atoms with E-state index in [1.807, 2.05) is 0 Å². The molecule has 88 valence electrons. The van der Waals surface area contributed by atoms with Crippen molar-refractivity contribution in [1.29, 1.82) is 0 Å². The summed E-state index contributed by atoms with van der Waals surface area (Å²) in [6, 6.07) is 12.9. The summed E-state index contributed by atoms with van der Waals surface area (Å²) in [6.07, 6.45) is 0.960. The van der Waals surface area contributed by atoms with E-state index in [0.29, 0.717) is 0 Å². The number of hydrogen-bond acceptors (Lipinski definition) is 1. The third kappa shape index (κ3) is 1.01. The third-order valence-electron chi connectivity index (χ3n) is 3.82. The lowest BCUT2D eigenvalue weighted by molar-refractivity contribution is 0.961. The summed E-state index contributed by atoms with van der Waals surface area (Å²) in [4.78, 5) is 4.73. The van der Waals surface area contributed by atoms with Crippen molar-refractivity contribution < 1.29 is 0 Å². The van der Waals surface area contributed by atoms with Crippen LogP contribution < -0.4 is 0 Å². The second-order valence-corrected chi connectivity index (χ2v) is 4.86. The van der Waals surface area contributed by atoms with Gasteiger partial charge in [-0.3, -0.25) is 4.40 Å². The number of aryl methyl sites for hydroxylation is 2. The van der Waals surface area contributed by atoms with Gasteiger partial charge in [-0.05, 0) is 24.6 Å². The first-order valence-electron chi connectivity index (χ1n) is 6.42. The van der Waals surface area contributed by atoms with Crippen LogP contribution in [0.25, 0.3) is 27.3 Å². The molecule has 0 aliphatic heterocycles. The van der Waals surface area contributed by atoms with E-state index in [4.69, 9.17) is 4.98 Å². The maximum atomic E-state index is 4.73. The van der Waals surface area contributed by atoms with Crippen LogP contribution >= 0.6 is 0 Å². The molecule has 0 bridgehead atoms. The van der Waals surface area contributed by atoms with E-state index in [-0.39, 0.29) is 0 Å². The van der Waals surface area contributed by atoms with Crippen molar-refractivity contribution in [2.45, 2.75) is 20.3 Å². The maximum Gasteiger partial charge on any atom is 0.114 e. The van der Waals surface area contributed by atoms with Crippen LogP contribution in [0.3, 0.4) is 0 Å². The molecule has 0 saturated heterocycles. The smallest absolute Gasteiger partial charge is 0.114 e. The second kappa shape index (κ2) is 3.22. The first-order valence-corrected chi connectivity index (χ1v) is 6.42. The minimum absolute atomic E-state index is 0.960. The average Bonchev–Trinajstić information content (AvgIpc) is 2.92. The quantitative estimate of drug-likeness (QED) is 0.487. The Kier molecular flexibility index (Phi) is 1.77. The molecule has 0 radical (unpaired) electrons. The predicted octanol–water partition coefficient (Wildman–Crippen LogP) is 3.95. The fourth-order valence-electron chi connectivity index (χ4n) is 3.06. The van der Waals surface area contributed by atoms with E-state index >= 15 is 0 Å². The zero-order valence-corrected chi connectivity index (χ0v) is 10.6. The molecule has 2 nitrogen and oxygen atoms in total. The number of nitrogens with zero attached hydrogens (tertiary/aromatic N) is 2. The highest BCUT2D eigenvalue weighted by molar-refractivity contribution is 6.14. The third-order valence-corrected chi connectivity index (χ3v) is 3.82. The van der Waals surface area contributed by atoms with Crippen LogP contribution in [-0.2, 0) is 6.42 Å². The lowest BCUT2D eigenvalue weighted by Crippen LogP contribution is -1.90. The summed E-state index contributed by atoms with van der Waals surface area (Å²) in [5.41, 5.74) is 5.01. The molecule has 2 aromatic heterocycles. The minimum atomic E-state index is 0.960. The Morgan fingerprint density at radius 2 is 1.94 bits per heavy atom. The topological polar surface area (TPSA) is 17.3 Å². The zero-order valence-electron chi connectivity index (χ0n) is 10.6. The maximum absolute atomic E-state index is 4.73. The van der Waals surface area contributed by atoms with Crippen LogP contribution in [0.15, 0.2) is 36.4 Å². The normalized spacial score (nSPS) is 12.1. The van der Waals surface area contributed by atoms with Crippen molar-refractivity contribution in [2.24, 2.45) is 0 Å². The molecule has 0 fully saturated rings. The number of hydrogen-bond donors (Lipinski definition) is 0. The van der Waals surface area contributed by atoms with Gasteiger partial charge in [-0.25, -0.2) is 4.98 Å². The molecule has 0 atom stereocenters. The van der Waals surface area contributed by atoms with Crippen LogP contribution in [0, 0.1) is 6.92 Å². The molecule has 0 amide bonds. The summed E-state index contributed by atoms with van der Waals surface area (Å²) >= 11 is 0. The molecule has 0 saturated carbocycles. The van der Waals surface area contributed by atoms with Crippen molar-refractivity contribution in [3.63, 3.8) is 0 Å². The Morgan fingerprint density at radius 3 is 2.78 bits per heavy atom. The van der Waals surface area contributed by atoms with Crippen molar-refractivity contribution in [1.82, 2.24) is 9.38 Å². The van der Waals surface area contributed by atoms with Crippen LogP contribution in [-0.4, -0.2) is 9.38 Å². The highest BCUT2D eigenvalue weighted by atomic mass is 15.0. The minimum Gasteiger partial charge on any atom is -0.295 e. The molecule has 2 aromatic carbocycles. The Hall–Kier alpha value is -2.09. The summed E-state index contributed by atoms with van der Waals surface area (Å²) in [5, 5.41) is 2.70. The van der Waals surface area contributed by atoms with Crippen LogP contribution in [0.1, 0.15) is 18.3 Å².